The Hall–Kier alpha value is -2.66. The van der Waals surface area contributed by atoms with Crippen molar-refractivity contribution in [2.45, 2.75) is 13.0 Å². The number of anilines is 1. The minimum Gasteiger partial charge on any atom is -0.467 e. The minimum atomic E-state index is 0.0273. The smallest absolute Gasteiger partial charge is 0.172 e. The van der Waals surface area contributed by atoms with Crippen LogP contribution in [0.15, 0.2) is 64.6 Å². The number of hydrogen-bond donors (Lipinski definition) is 1. The fourth-order valence-corrected chi connectivity index (χ4v) is 3.17. The van der Waals surface area contributed by atoms with E-state index in [1.165, 1.54) is 0 Å². The van der Waals surface area contributed by atoms with Gasteiger partial charge in [-0.3, -0.25) is 0 Å². The summed E-state index contributed by atoms with van der Waals surface area (Å²) in [7, 11) is 0. The van der Waals surface area contributed by atoms with Crippen LogP contribution in [0.5, 0.6) is 0 Å². The molecule has 0 spiro atoms. The van der Waals surface area contributed by atoms with Crippen LogP contribution in [0, 0.1) is 0 Å². The van der Waals surface area contributed by atoms with Crippen molar-refractivity contribution in [2.24, 2.45) is 0 Å². The summed E-state index contributed by atoms with van der Waals surface area (Å²) in [4.78, 5) is 10.5. The molecule has 0 aliphatic carbocycles. The number of furan rings is 1. The number of rotatable bonds is 4. The maximum Gasteiger partial charge on any atom is 0.172 e. The number of nitrogens with one attached hydrogen (secondary N) is 1. The SMILES string of the molecule is CC(Nc1nc(-c2cccs2)nc2ccccc12)c1ccco1. The van der Waals surface area contributed by atoms with E-state index >= 15 is 0 Å². The lowest BCUT2D eigenvalue weighted by Crippen LogP contribution is -2.08. The van der Waals surface area contributed by atoms with Crippen molar-refractivity contribution in [2.75, 3.05) is 5.32 Å². The molecule has 0 aliphatic heterocycles. The van der Waals surface area contributed by atoms with Crippen LogP contribution in [-0.4, -0.2) is 9.97 Å². The number of aromatic nitrogens is 2. The van der Waals surface area contributed by atoms with E-state index < -0.39 is 0 Å². The Balaban J connectivity index is 1.80. The normalized spacial score (nSPS) is 12.4. The molecule has 1 aromatic carbocycles. The van der Waals surface area contributed by atoms with Crippen LogP contribution in [0.1, 0.15) is 18.7 Å². The molecular weight excluding hydrogens is 306 g/mol. The molecule has 23 heavy (non-hydrogen) atoms. The van der Waals surface area contributed by atoms with Gasteiger partial charge in [0.15, 0.2) is 5.82 Å². The van der Waals surface area contributed by atoms with Crippen molar-refractivity contribution in [3.05, 3.63) is 65.9 Å². The zero-order valence-corrected chi connectivity index (χ0v) is 13.4. The highest BCUT2D eigenvalue weighted by molar-refractivity contribution is 7.13. The Kier molecular flexibility index (Phi) is 3.55. The summed E-state index contributed by atoms with van der Waals surface area (Å²) in [5.41, 5.74) is 0.931. The largest absolute Gasteiger partial charge is 0.467 e. The molecule has 0 amide bonds. The number of para-hydroxylation sites is 1. The predicted molar refractivity (Wildman–Crippen MR) is 93.6 cm³/mol. The minimum absolute atomic E-state index is 0.0273. The summed E-state index contributed by atoms with van der Waals surface area (Å²) < 4.78 is 5.48. The second-order valence-electron chi connectivity index (χ2n) is 5.27. The van der Waals surface area contributed by atoms with Gasteiger partial charge in [-0.05, 0) is 42.6 Å². The number of fused-ring (bicyclic) bond motifs is 1. The van der Waals surface area contributed by atoms with E-state index in [2.05, 4.69) is 17.2 Å². The molecule has 1 N–H and O–H groups in total. The summed E-state index contributed by atoms with van der Waals surface area (Å²) >= 11 is 1.64. The van der Waals surface area contributed by atoms with Gasteiger partial charge in [-0.2, -0.15) is 0 Å². The monoisotopic (exact) mass is 321 g/mol. The van der Waals surface area contributed by atoms with Crippen LogP contribution >= 0.6 is 11.3 Å². The van der Waals surface area contributed by atoms with Crippen LogP contribution in [-0.2, 0) is 0 Å². The van der Waals surface area contributed by atoms with Crippen LogP contribution in [0.25, 0.3) is 21.6 Å². The lowest BCUT2D eigenvalue weighted by molar-refractivity contribution is 0.490. The van der Waals surface area contributed by atoms with Gasteiger partial charge in [0.25, 0.3) is 0 Å². The molecule has 114 valence electrons. The maximum absolute atomic E-state index is 5.48. The molecule has 0 saturated heterocycles. The first-order valence-electron chi connectivity index (χ1n) is 7.42. The summed E-state index contributed by atoms with van der Waals surface area (Å²) in [6.07, 6.45) is 1.68. The Morgan fingerprint density at radius 2 is 1.96 bits per heavy atom. The van der Waals surface area contributed by atoms with Gasteiger partial charge in [-0.25, -0.2) is 9.97 Å². The first kappa shape index (κ1) is 14.0. The summed E-state index contributed by atoms with van der Waals surface area (Å²) in [5, 5.41) is 6.49. The number of benzene rings is 1. The van der Waals surface area contributed by atoms with Gasteiger partial charge in [0.2, 0.25) is 0 Å². The van der Waals surface area contributed by atoms with Crippen LogP contribution in [0.4, 0.5) is 5.82 Å². The molecule has 0 aliphatic rings. The third kappa shape index (κ3) is 2.71. The zero-order chi connectivity index (χ0) is 15.6. The Morgan fingerprint density at radius 3 is 2.74 bits per heavy atom. The molecule has 4 aromatic rings. The van der Waals surface area contributed by atoms with E-state index in [0.717, 1.165) is 33.2 Å². The van der Waals surface area contributed by atoms with Gasteiger partial charge in [0.05, 0.1) is 22.7 Å². The highest BCUT2D eigenvalue weighted by atomic mass is 32.1. The summed E-state index contributed by atoms with van der Waals surface area (Å²) in [6, 6.07) is 16.0. The molecule has 3 aromatic heterocycles. The van der Waals surface area contributed by atoms with Crippen molar-refractivity contribution in [1.29, 1.82) is 0 Å². The van der Waals surface area contributed by atoms with Gasteiger partial charge in [0, 0.05) is 5.39 Å². The molecule has 1 atom stereocenters. The summed E-state index contributed by atoms with van der Waals surface area (Å²) in [5.74, 6) is 2.45. The van der Waals surface area contributed by atoms with Gasteiger partial charge in [-0.15, -0.1) is 11.3 Å². The number of thiophene rings is 1. The molecule has 4 nitrogen and oxygen atoms in total. The average Bonchev–Trinajstić information content (AvgIpc) is 3.28. The Morgan fingerprint density at radius 1 is 1.04 bits per heavy atom. The van der Waals surface area contributed by atoms with Crippen molar-refractivity contribution in [3.63, 3.8) is 0 Å². The third-order valence-corrected chi connectivity index (χ3v) is 4.53. The molecule has 0 saturated carbocycles. The first-order chi connectivity index (χ1) is 11.3. The van der Waals surface area contributed by atoms with E-state index in [9.17, 15) is 0 Å². The van der Waals surface area contributed by atoms with Crippen molar-refractivity contribution < 1.29 is 4.42 Å². The van der Waals surface area contributed by atoms with E-state index in [4.69, 9.17) is 9.40 Å². The van der Waals surface area contributed by atoms with Crippen LogP contribution in [0.2, 0.25) is 0 Å². The van der Waals surface area contributed by atoms with E-state index in [1.54, 1.807) is 17.6 Å². The molecule has 3 heterocycles. The fraction of sp³-hybridized carbons (Fsp3) is 0.111. The maximum atomic E-state index is 5.48. The molecule has 4 rings (SSSR count). The van der Waals surface area contributed by atoms with Crippen molar-refractivity contribution >= 4 is 28.1 Å². The second kappa shape index (κ2) is 5.85. The van der Waals surface area contributed by atoms with Crippen molar-refractivity contribution in [3.8, 4) is 10.7 Å². The zero-order valence-electron chi connectivity index (χ0n) is 12.6. The second-order valence-corrected chi connectivity index (χ2v) is 6.22. The topological polar surface area (TPSA) is 51.0 Å². The highest BCUT2D eigenvalue weighted by Gasteiger charge is 2.14. The lowest BCUT2D eigenvalue weighted by Gasteiger charge is -2.14. The lowest BCUT2D eigenvalue weighted by atomic mass is 10.2. The predicted octanol–water partition coefficient (Wildman–Crippen LogP) is 5.12. The highest BCUT2D eigenvalue weighted by Crippen LogP contribution is 2.29. The molecule has 0 radical (unpaired) electrons. The van der Waals surface area contributed by atoms with Crippen LogP contribution < -0.4 is 5.32 Å². The summed E-state index contributed by atoms with van der Waals surface area (Å²) in [6.45, 7) is 2.06. The first-order valence-corrected chi connectivity index (χ1v) is 8.30. The molecule has 0 bridgehead atoms. The molecular formula is C18H15N3OS. The standard InChI is InChI=1S/C18H15N3OS/c1-12(15-8-4-10-22-15)19-17-13-6-2-3-7-14(13)20-18(21-17)16-9-5-11-23-16/h2-12H,1H3,(H,19,20,21). The van der Waals surface area contributed by atoms with Gasteiger partial charge in [-0.1, -0.05) is 18.2 Å². The fourth-order valence-electron chi connectivity index (χ4n) is 2.52. The molecule has 1 unspecified atom stereocenters. The Labute approximate surface area is 137 Å². The van der Waals surface area contributed by atoms with Gasteiger partial charge >= 0.3 is 0 Å². The van der Waals surface area contributed by atoms with E-state index in [-0.39, 0.29) is 6.04 Å². The number of hydrogen-bond acceptors (Lipinski definition) is 5. The third-order valence-electron chi connectivity index (χ3n) is 3.67. The molecule has 5 heteroatoms. The van der Waals surface area contributed by atoms with Crippen molar-refractivity contribution in [1.82, 2.24) is 9.97 Å². The van der Waals surface area contributed by atoms with E-state index in [1.807, 2.05) is 53.9 Å². The van der Waals surface area contributed by atoms with Crippen LogP contribution in [0.3, 0.4) is 0 Å². The van der Waals surface area contributed by atoms with E-state index in [0.29, 0.717) is 0 Å². The Bertz CT molecular complexity index is 917. The van der Waals surface area contributed by atoms with Gasteiger partial charge < -0.3 is 9.73 Å². The average molecular weight is 321 g/mol. The quantitative estimate of drug-likeness (QED) is 0.566. The number of nitrogens with zero attached hydrogens (tertiary/aromatic N) is 2. The van der Waals surface area contributed by atoms with Gasteiger partial charge in [0.1, 0.15) is 11.6 Å². The molecule has 0 fully saturated rings.